The topological polar surface area (TPSA) is 52.6 Å². The minimum absolute atomic E-state index is 0.201. The van der Waals surface area contributed by atoms with Gasteiger partial charge in [-0.3, -0.25) is 9.59 Å². The SMILES string of the molecule is COc1ccc(OC)c2c1C(=O)c1cccc(C)c1C2=O. The molecule has 0 aromatic heterocycles. The second-order valence-electron chi connectivity index (χ2n) is 4.88. The molecule has 0 unspecified atom stereocenters. The van der Waals surface area contributed by atoms with Gasteiger partial charge in [-0.25, -0.2) is 0 Å². The molecule has 106 valence electrons. The predicted octanol–water partition coefficient (Wildman–Crippen LogP) is 2.79. The molecular weight excluding hydrogens is 268 g/mol. The van der Waals surface area contributed by atoms with Crippen LogP contribution in [0.4, 0.5) is 0 Å². The van der Waals surface area contributed by atoms with E-state index in [2.05, 4.69) is 0 Å². The summed E-state index contributed by atoms with van der Waals surface area (Å²) < 4.78 is 10.5. The summed E-state index contributed by atoms with van der Waals surface area (Å²) in [6.07, 6.45) is 0. The lowest BCUT2D eigenvalue weighted by atomic mass is 9.81. The van der Waals surface area contributed by atoms with Crippen LogP contribution in [0, 0.1) is 6.92 Å². The summed E-state index contributed by atoms with van der Waals surface area (Å²) in [7, 11) is 2.96. The Morgan fingerprint density at radius 3 is 1.90 bits per heavy atom. The molecule has 0 bridgehead atoms. The molecule has 3 rings (SSSR count). The number of methoxy groups -OCH3 is 2. The van der Waals surface area contributed by atoms with E-state index >= 15 is 0 Å². The number of hydrogen-bond donors (Lipinski definition) is 0. The van der Waals surface area contributed by atoms with Crippen LogP contribution in [0.25, 0.3) is 0 Å². The Morgan fingerprint density at radius 2 is 1.33 bits per heavy atom. The molecule has 0 spiro atoms. The van der Waals surface area contributed by atoms with Gasteiger partial charge in [0.15, 0.2) is 11.6 Å². The molecule has 4 heteroatoms. The molecule has 4 nitrogen and oxygen atoms in total. The fourth-order valence-electron chi connectivity index (χ4n) is 2.77. The highest BCUT2D eigenvalue weighted by atomic mass is 16.5. The van der Waals surface area contributed by atoms with E-state index in [1.807, 2.05) is 13.0 Å². The molecule has 0 amide bonds. The number of carbonyl (C=O) groups excluding carboxylic acids is 2. The van der Waals surface area contributed by atoms with Crippen LogP contribution < -0.4 is 9.47 Å². The van der Waals surface area contributed by atoms with Crippen molar-refractivity contribution in [2.24, 2.45) is 0 Å². The van der Waals surface area contributed by atoms with Gasteiger partial charge in [0.25, 0.3) is 0 Å². The van der Waals surface area contributed by atoms with E-state index in [-0.39, 0.29) is 22.7 Å². The van der Waals surface area contributed by atoms with Crippen molar-refractivity contribution in [3.05, 3.63) is 58.1 Å². The van der Waals surface area contributed by atoms with E-state index in [9.17, 15) is 9.59 Å². The first kappa shape index (κ1) is 13.4. The van der Waals surface area contributed by atoms with Crippen LogP contribution in [0.15, 0.2) is 30.3 Å². The van der Waals surface area contributed by atoms with Crippen molar-refractivity contribution in [3.63, 3.8) is 0 Å². The fourth-order valence-corrected chi connectivity index (χ4v) is 2.77. The Bertz CT molecular complexity index is 775. The molecule has 0 N–H and O–H groups in total. The summed E-state index contributed by atoms with van der Waals surface area (Å²) in [4.78, 5) is 25.6. The Balaban J connectivity index is 2.40. The minimum atomic E-state index is -0.209. The van der Waals surface area contributed by atoms with Crippen molar-refractivity contribution in [2.45, 2.75) is 6.92 Å². The number of ketones is 2. The molecule has 0 atom stereocenters. The maximum absolute atomic E-state index is 12.8. The smallest absolute Gasteiger partial charge is 0.198 e. The first-order chi connectivity index (χ1) is 10.1. The van der Waals surface area contributed by atoms with Gasteiger partial charge in [-0.15, -0.1) is 0 Å². The standard InChI is InChI=1S/C17H14O4/c1-9-5-4-6-10-13(9)17(19)15-12(21-3)8-7-11(20-2)14(15)16(10)18/h4-8H,1-3H3. The normalized spacial score (nSPS) is 12.7. The first-order valence-corrected chi connectivity index (χ1v) is 6.54. The predicted molar refractivity (Wildman–Crippen MR) is 77.6 cm³/mol. The number of fused-ring (bicyclic) bond motifs is 2. The third-order valence-corrected chi connectivity index (χ3v) is 3.77. The zero-order chi connectivity index (χ0) is 15.1. The van der Waals surface area contributed by atoms with Gasteiger partial charge in [0.1, 0.15) is 11.5 Å². The summed E-state index contributed by atoms with van der Waals surface area (Å²) >= 11 is 0. The van der Waals surface area contributed by atoms with Crippen LogP contribution in [0.2, 0.25) is 0 Å². The quantitative estimate of drug-likeness (QED) is 0.725. The van der Waals surface area contributed by atoms with Crippen LogP contribution in [0.3, 0.4) is 0 Å². The average molecular weight is 282 g/mol. The second-order valence-corrected chi connectivity index (χ2v) is 4.88. The van der Waals surface area contributed by atoms with Crippen LogP contribution in [0.1, 0.15) is 37.4 Å². The third-order valence-electron chi connectivity index (χ3n) is 3.77. The lowest BCUT2D eigenvalue weighted by Crippen LogP contribution is -2.23. The van der Waals surface area contributed by atoms with Gasteiger partial charge in [0, 0.05) is 11.1 Å². The molecule has 1 aliphatic rings. The Labute approximate surface area is 122 Å². The average Bonchev–Trinajstić information content (AvgIpc) is 2.50. The highest BCUT2D eigenvalue weighted by molar-refractivity contribution is 6.30. The highest BCUT2D eigenvalue weighted by Gasteiger charge is 2.35. The van der Waals surface area contributed by atoms with Gasteiger partial charge in [0.05, 0.1) is 25.3 Å². The van der Waals surface area contributed by atoms with Gasteiger partial charge in [-0.1, -0.05) is 18.2 Å². The number of ether oxygens (including phenoxy) is 2. The van der Waals surface area contributed by atoms with Crippen LogP contribution in [-0.4, -0.2) is 25.8 Å². The van der Waals surface area contributed by atoms with Gasteiger partial charge in [0.2, 0.25) is 0 Å². The van der Waals surface area contributed by atoms with Crippen LogP contribution in [0.5, 0.6) is 11.5 Å². The lowest BCUT2D eigenvalue weighted by Gasteiger charge is -2.22. The van der Waals surface area contributed by atoms with E-state index in [1.165, 1.54) is 14.2 Å². The van der Waals surface area contributed by atoms with Crippen LogP contribution >= 0.6 is 0 Å². The van der Waals surface area contributed by atoms with Crippen molar-refractivity contribution >= 4 is 11.6 Å². The molecular formula is C17H14O4. The summed E-state index contributed by atoms with van der Waals surface area (Å²) in [5.41, 5.74) is 2.20. The summed E-state index contributed by atoms with van der Waals surface area (Å²) in [5.74, 6) is 0.363. The summed E-state index contributed by atoms with van der Waals surface area (Å²) in [6, 6.07) is 8.55. The molecule has 0 aliphatic heterocycles. The van der Waals surface area contributed by atoms with Gasteiger partial charge >= 0.3 is 0 Å². The largest absolute Gasteiger partial charge is 0.496 e. The third kappa shape index (κ3) is 1.76. The Morgan fingerprint density at radius 1 is 0.762 bits per heavy atom. The number of carbonyl (C=O) groups is 2. The zero-order valence-corrected chi connectivity index (χ0v) is 12.0. The number of hydrogen-bond acceptors (Lipinski definition) is 4. The highest BCUT2D eigenvalue weighted by Crippen LogP contribution is 2.39. The molecule has 2 aromatic carbocycles. The first-order valence-electron chi connectivity index (χ1n) is 6.54. The fraction of sp³-hybridized carbons (Fsp3) is 0.176. The molecule has 0 saturated heterocycles. The molecule has 0 heterocycles. The van der Waals surface area contributed by atoms with Crippen molar-refractivity contribution in [2.75, 3.05) is 14.2 Å². The van der Waals surface area contributed by atoms with Crippen molar-refractivity contribution in [1.29, 1.82) is 0 Å². The minimum Gasteiger partial charge on any atom is -0.496 e. The van der Waals surface area contributed by atoms with Gasteiger partial charge in [-0.05, 0) is 24.6 Å². The van der Waals surface area contributed by atoms with E-state index in [4.69, 9.17) is 9.47 Å². The van der Waals surface area contributed by atoms with Gasteiger partial charge < -0.3 is 9.47 Å². The molecule has 0 saturated carbocycles. The van der Waals surface area contributed by atoms with E-state index in [0.717, 1.165) is 5.56 Å². The number of rotatable bonds is 2. The van der Waals surface area contributed by atoms with Gasteiger partial charge in [-0.2, -0.15) is 0 Å². The zero-order valence-electron chi connectivity index (χ0n) is 12.0. The summed E-state index contributed by atoms with van der Waals surface area (Å²) in [6.45, 7) is 1.82. The maximum Gasteiger partial charge on any atom is 0.198 e. The maximum atomic E-state index is 12.8. The lowest BCUT2D eigenvalue weighted by molar-refractivity contribution is 0.0973. The van der Waals surface area contributed by atoms with Crippen LogP contribution in [-0.2, 0) is 0 Å². The second kappa shape index (κ2) is 4.74. The summed E-state index contributed by atoms with van der Waals surface area (Å²) in [5, 5.41) is 0. The molecule has 21 heavy (non-hydrogen) atoms. The van der Waals surface area contributed by atoms with Crippen molar-refractivity contribution < 1.29 is 19.1 Å². The molecule has 0 fully saturated rings. The van der Waals surface area contributed by atoms with Crippen molar-refractivity contribution in [1.82, 2.24) is 0 Å². The molecule has 2 aromatic rings. The van der Waals surface area contributed by atoms with E-state index in [1.54, 1.807) is 24.3 Å². The molecule has 0 radical (unpaired) electrons. The Hall–Kier alpha value is -2.62. The van der Waals surface area contributed by atoms with Crippen molar-refractivity contribution in [3.8, 4) is 11.5 Å². The monoisotopic (exact) mass is 282 g/mol. The van der Waals surface area contributed by atoms with E-state index in [0.29, 0.717) is 22.6 Å². The number of aryl methyl sites for hydroxylation is 1. The van der Waals surface area contributed by atoms with E-state index < -0.39 is 0 Å². The molecule has 1 aliphatic carbocycles. The number of benzene rings is 2. The Kier molecular flexibility index (Phi) is 3.01.